The zero-order chi connectivity index (χ0) is 40.1. The molecule has 0 aliphatic heterocycles. The highest BCUT2D eigenvalue weighted by Crippen LogP contribution is 2.39. The third-order valence-corrected chi connectivity index (χ3v) is 11.2. The predicted octanol–water partition coefficient (Wildman–Crippen LogP) is 16.4. The Morgan fingerprint density at radius 1 is 0.217 bits per heavy atom. The Hall–Kier alpha value is -7.94. The first-order chi connectivity index (χ1) is 29.7. The van der Waals surface area contributed by atoms with Gasteiger partial charge in [-0.05, 0) is 140 Å². The van der Waals surface area contributed by atoms with Gasteiger partial charge in [-0.25, -0.2) is 0 Å². The Morgan fingerprint density at radius 2 is 0.517 bits per heavy atom. The van der Waals surface area contributed by atoms with Gasteiger partial charge in [0.25, 0.3) is 0 Å². The summed E-state index contributed by atoms with van der Waals surface area (Å²) in [5.41, 5.74) is 13.9. The number of hydrogen-bond acceptors (Lipinski definition) is 2. The van der Waals surface area contributed by atoms with E-state index in [0.29, 0.717) is 0 Å². The minimum absolute atomic E-state index is 1.11. The van der Waals surface area contributed by atoms with Crippen LogP contribution in [0.3, 0.4) is 0 Å². The van der Waals surface area contributed by atoms with Gasteiger partial charge in [0.1, 0.15) is 0 Å². The van der Waals surface area contributed by atoms with Crippen molar-refractivity contribution in [2.45, 2.75) is 0 Å². The van der Waals surface area contributed by atoms with Crippen LogP contribution in [0, 0.1) is 0 Å². The van der Waals surface area contributed by atoms with E-state index in [4.69, 9.17) is 0 Å². The van der Waals surface area contributed by atoms with Crippen molar-refractivity contribution < 1.29 is 0 Å². The molecule has 284 valence electrons. The molecule has 0 atom stereocenters. The maximum Gasteiger partial charge on any atom is 0.0468 e. The highest BCUT2D eigenvalue weighted by atomic mass is 15.1. The summed E-state index contributed by atoms with van der Waals surface area (Å²) in [6.07, 6.45) is 4.38. The molecule has 10 aromatic rings. The van der Waals surface area contributed by atoms with Crippen molar-refractivity contribution in [3.05, 3.63) is 254 Å². The largest absolute Gasteiger partial charge is 0.310 e. The van der Waals surface area contributed by atoms with Gasteiger partial charge < -0.3 is 9.80 Å². The average molecular weight is 767 g/mol. The number of hydrogen-bond donors (Lipinski definition) is 0. The highest BCUT2D eigenvalue weighted by molar-refractivity contribution is 5.94. The Kier molecular flexibility index (Phi) is 10.0. The number of para-hydroxylation sites is 2. The van der Waals surface area contributed by atoms with E-state index >= 15 is 0 Å². The first-order valence-corrected chi connectivity index (χ1v) is 20.5. The molecule has 0 fully saturated rings. The molecular weight excluding hydrogens is 725 g/mol. The summed E-state index contributed by atoms with van der Waals surface area (Å²) in [6.45, 7) is 0. The van der Waals surface area contributed by atoms with Crippen molar-refractivity contribution >= 4 is 67.8 Å². The molecule has 2 heteroatoms. The molecule has 0 aliphatic carbocycles. The van der Waals surface area contributed by atoms with Gasteiger partial charge in [0.2, 0.25) is 0 Å². The van der Waals surface area contributed by atoms with Crippen LogP contribution in [0.2, 0.25) is 0 Å². The Labute approximate surface area is 352 Å². The zero-order valence-corrected chi connectivity index (χ0v) is 33.1. The van der Waals surface area contributed by atoms with E-state index in [9.17, 15) is 0 Å². The van der Waals surface area contributed by atoms with Gasteiger partial charge in [-0.1, -0.05) is 170 Å². The third-order valence-electron chi connectivity index (χ3n) is 11.2. The lowest BCUT2D eigenvalue weighted by Gasteiger charge is -2.26. The van der Waals surface area contributed by atoms with E-state index < -0.39 is 0 Å². The van der Waals surface area contributed by atoms with Crippen LogP contribution in [0.1, 0.15) is 11.1 Å². The number of anilines is 6. The Bertz CT molecular complexity index is 2840. The van der Waals surface area contributed by atoms with E-state index in [1.807, 2.05) is 0 Å². The second-order valence-electron chi connectivity index (χ2n) is 15.1. The number of fused-ring (bicyclic) bond motifs is 2. The molecule has 0 N–H and O–H groups in total. The first kappa shape index (κ1) is 36.4. The fourth-order valence-electron chi connectivity index (χ4n) is 8.07. The van der Waals surface area contributed by atoms with Crippen LogP contribution in [-0.4, -0.2) is 0 Å². The Morgan fingerprint density at radius 3 is 0.900 bits per heavy atom. The SMILES string of the molecule is C(=Cc1ccc(N(c2ccccc2)c2ccc3cc(-c4ccccc4)ccc3c2)cc1)c1ccc(N(c2ccccc2)c2ccc3cc(-c4ccccc4)ccc3c2)cc1. The standard InChI is InChI=1S/C58H42N2/c1-5-13-45(14-6-1)47-27-29-51-41-57(37-31-49(51)39-47)59(53-17-9-3-10-18-53)55-33-23-43(24-34-55)21-22-44-25-35-56(36-26-44)60(54-19-11-4-12-20-54)58-38-32-50-40-48(28-30-52(50)42-58)46-15-7-2-8-16-46/h1-42H. The van der Waals surface area contributed by atoms with Gasteiger partial charge in [-0.2, -0.15) is 0 Å². The summed E-state index contributed by atoms with van der Waals surface area (Å²) in [7, 11) is 0. The predicted molar refractivity (Wildman–Crippen MR) is 257 cm³/mol. The number of nitrogens with zero attached hydrogens (tertiary/aromatic N) is 2. The molecule has 0 aliphatic rings. The lowest BCUT2D eigenvalue weighted by atomic mass is 10.0. The molecule has 0 unspecified atom stereocenters. The summed E-state index contributed by atoms with van der Waals surface area (Å²) in [5, 5.41) is 4.86. The van der Waals surface area contributed by atoms with Crippen molar-refractivity contribution in [2.24, 2.45) is 0 Å². The summed E-state index contributed by atoms with van der Waals surface area (Å²) >= 11 is 0. The van der Waals surface area contributed by atoms with Crippen molar-refractivity contribution in [3.63, 3.8) is 0 Å². The lowest BCUT2D eigenvalue weighted by molar-refractivity contribution is 1.29. The second kappa shape index (κ2) is 16.5. The highest BCUT2D eigenvalue weighted by Gasteiger charge is 2.15. The molecule has 0 radical (unpaired) electrons. The number of rotatable bonds is 10. The van der Waals surface area contributed by atoms with E-state index in [1.54, 1.807) is 0 Å². The van der Waals surface area contributed by atoms with Crippen LogP contribution in [0.5, 0.6) is 0 Å². The summed E-state index contributed by atoms with van der Waals surface area (Å²) in [6, 6.07) is 86.9. The molecule has 10 aromatic carbocycles. The first-order valence-electron chi connectivity index (χ1n) is 20.5. The van der Waals surface area contributed by atoms with Crippen LogP contribution in [0.15, 0.2) is 243 Å². The van der Waals surface area contributed by atoms with Crippen molar-refractivity contribution in [1.82, 2.24) is 0 Å². The van der Waals surface area contributed by atoms with Gasteiger partial charge in [-0.3, -0.25) is 0 Å². The summed E-state index contributed by atoms with van der Waals surface area (Å²) in [5.74, 6) is 0. The molecule has 0 bridgehead atoms. The number of benzene rings is 10. The molecule has 0 saturated carbocycles. The molecular formula is C58H42N2. The van der Waals surface area contributed by atoms with Crippen LogP contribution in [0.4, 0.5) is 34.1 Å². The monoisotopic (exact) mass is 766 g/mol. The van der Waals surface area contributed by atoms with Gasteiger partial charge in [0.05, 0.1) is 0 Å². The molecule has 0 saturated heterocycles. The van der Waals surface area contributed by atoms with E-state index in [1.165, 1.54) is 43.8 Å². The smallest absolute Gasteiger partial charge is 0.0468 e. The molecule has 2 nitrogen and oxygen atoms in total. The third kappa shape index (κ3) is 7.70. The van der Waals surface area contributed by atoms with Gasteiger partial charge in [0.15, 0.2) is 0 Å². The quantitative estimate of drug-likeness (QED) is 0.128. The normalized spacial score (nSPS) is 11.3. The molecule has 10 rings (SSSR count). The maximum absolute atomic E-state index is 2.33. The Balaban J connectivity index is 0.897. The van der Waals surface area contributed by atoms with E-state index in [2.05, 4.69) is 265 Å². The second-order valence-corrected chi connectivity index (χ2v) is 15.1. The maximum atomic E-state index is 2.33. The fourth-order valence-corrected chi connectivity index (χ4v) is 8.07. The van der Waals surface area contributed by atoms with E-state index in [0.717, 1.165) is 45.3 Å². The van der Waals surface area contributed by atoms with Gasteiger partial charge in [-0.15, -0.1) is 0 Å². The fraction of sp³-hybridized carbons (Fsp3) is 0. The molecule has 0 aromatic heterocycles. The van der Waals surface area contributed by atoms with Crippen molar-refractivity contribution in [1.29, 1.82) is 0 Å². The summed E-state index contributed by atoms with van der Waals surface area (Å²) < 4.78 is 0. The zero-order valence-electron chi connectivity index (χ0n) is 33.1. The summed E-state index contributed by atoms with van der Waals surface area (Å²) in [4.78, 5) is 4.65. The minimum Gasteiger partial charge on any atom is -0.310 e. The van der Waals surface area contributed by atoms with Crippen LogP contribution >= 0.6 is 0 Å². The lowest BCUT2D eigenvalue weighted by Crippen LogP contribution is -2.09. The topological polar surface area (TPSA) is 6.48 Å². The van der Waals surface area contributed by atoms with Crippen molar-refractivity contribution in [3.8, 4) is 22.3 Å². The molecule has 0 heterocycles. The average Bonchev–Trinajstić information content (AvgIpc) is 3.33. The van der Waals surface area contributed by atoms with E-state index in [-0.39, 0.29) is 0 Å². The van der Waals surface area contributed by atoms with Crippen LogP contribution < -0.4 is 9.80 Å². The van der Waals surface area contributed by atoms with Gasteiger partial charge in [0, 0.05) is 34.1 Å². The van der Waals surface area contributed by atoms with Crippen molar-refractivity contribution in [2.75, 3.05) is 9.80 Å². The molecule has 60 heavy (non-hydrogen) atoms. The molecule has 0 amide bonds. The molecule has 0 spiro atoms. The van der Waals surface area contributed by atoms with Crippen LogP contribution in [-0.2, 0) is 0 Å². The van der Waals surface area contributed by atoms with Crippen LogP contribution in [0.25, 0.3) is 56.0 Å². The minimum atomic E-state index is 1.11. The van der Waals surface area contributed by atoms with Gasteiger partial charge >= 0.3 is 0 Å².